The predicted molar refractivity (Wildman–Crippen MR) is 110 cm³/mol. The van der Waals surface area contributed by atoms with Gasteiger partial charge in [0, 0.05) is 11.6 Å². The molecule has 0 saturated heterocycles. The molecule has 1 aliphatic rings. The van der Waals surface area contributed by atoms with Gasteiger partial charge in [-0.2, -0.15) is 5.26 Å². The van der Waals surface area contributed by atoms with Crippen molar-refractivity contribution in [1.29, 1.82) is 5.26 Å². The minimum absolute atomic E-state index is 0.0175. The van der Waals surface area contributed by atoms with Crippen LogP contribution in [0.25, 0.3) is 0 Å². The number of aromatic nitrogens is 1. The van der Waals surface area contributed by atoms with Gasteiger partial charge >= 0.3 is 0 Å². The quantitative estimate of drug-likeness (QED) is 0.744. The van der Waals surface area contributed by atoms with Crippen molar-refractivity contribution in [3.63, 3.8) is 0 Å². The van der Waals surface area contributed by atoms with E-state index in [1.807, 2.05) is 6.07 Å². The van der Waals surface area contributed by atoms with E-state index in [2.05, 4.69) is 13.8 Å². The Bertz CT molecular complexity index is 1010. The van der Waals surface area contributed by atoms with E-state index in [4.69, 9.17) is 4.74 Å². The van der Waals surface area contributed by atoms with Crippen molar-refractivity contribution in [2.24, 2.45) is 5.92 Å². The van der Waals surface area contributed by atoms with Crippen molar-refractivity contribution in [1.82, 2.24) is 4.57 Å². The van der Waals surface area contributed by atoms with Crippen LogP contribution in [-0.2, 0) is 0 Å². The van der Waals surface area contributed by atoms with E-state index in [-0.39, 0.29) is 28.6 Å². The fourth-order valence-electron chi connectivity index (χ4n) is 3.80. The highest BCUT2D eigenvalue weighted by atomic mass is 16.5. The van der Waals surface area contributed by atoms with Crippen LogP contribution in [0, 0.1) is 24.2 Å². The predicted octanol–water partition coefficient (Wildman–Crippen LogP) is 4.11. The minimum Gasteiger partial charge on any atom is -0.494 e. The van der Waals surface area contributed by atoms with Crippen LogP contribution in [0.2, 0.25) is 0 Å². The Morgan fingerprint density at radius 2 is 1.90 bits per heavy atom. The molecule has 1 saturated carbocycles. The number of nitrogens with zero attached hydrogens (tertiary/aromatic N) is 2. The average molecular weight is 394 g/mol. The molecule has 0 unspecified atom stereocenters. The number of ketones is 1. The maximum absolute atomic E-state index is 13.2. The van der Waals surface area contributed by atoms with E-state index in [1.54, 1.807) is 24.3 Å². The van der Waals surface area contributed by atoms with Crippen molar-refractivity contribution in [3.05, 3.63) is 56.9 Å². The number of nitriles is 1. The third-order valence-corrected chi connectivity index (χ3v) is 5.36. The Balaban J connectivity index is 2.03. The molecule has 1 N–H and O–H groups in total. The molecule has 1 aromatic carbocycles. The van der Waals surface area contributed by atoms with Gasteiger partial charge in [0.2, 0.25) is 5.88 Å². The first kappa shape index (κ1) is 20.7. The summed E-state index contributed by atoms with van der Waals surface area (Å²) in [6.45, 7) is 6.21. The molecule has 0 atom stereocenters. The summed E-state index contributed by atoms with van der Waals surface area (Å²) in [5.74, 6) is 0.281. The number of aromatic hydroxyl groups is 1. The number of rotatable bonds is 6. The number of hydrogen-bond acceptors (Lipinski definition) is 5. The first-order valence-electron chi connectivity index (χ1n) is 10.0. The molecular weight excluding hydrogens is 368 g/mol. The minimum atomic E-state index is -0.525. The van der Waals surface area contributed by atoms with Gasteiger partial charge in [0.1, 0.15) is 17.4 Å². The normalized spacial score (nSPS) is 14.2. The number of pyridine rings is 1. The number of carbonyl (C=O) groups is 1. The molecule has 0 amide bonds. The zero-order chi connectivity index (χ0) is 21.1. The number of carbonyl (C=O) groups excluding carboxylic acids is 1. The fraction of sp³-hybridized carbons (Fsp3) is 0.435. The first-order chi connectivity index (χ1) is 13.8. The molecule has 6 heteroatoms. The van der Waals surface area contributed by atoms with Gasteiger partial charge in [-0.15, -0.1) is 0 Å². The summed E-state index contributed by atoms with van der Waals surface area (Å²) in [7, 11) is 0. The van der Waals surface area contributed by atoms with Crippen molar-refractivity contribution in [2.75, 3.05) is 6.61 Å². The van der Waals surface area contributed by atoms with E-state index in [0.29, 0.717) is 23.8 Å². The highest BCUT2D eigenvalue weighted by molar-refractivity contribution is 6.11. The highest BCUT2D eigenvalue weighted by Crippen LogP contribution is 2.34. The van der Waals surface area contributed by atoms with Crippen LogP contribution in [-0.4, -0.2) is 22.1 Å². The Labute approximate surface area is 170 Å². The lowest BCUT2D eigenvalue weighted by atomic mass is 9.96. The maximum atomic E-state index is 13.2. The van der Waals surface area contributed by atoms with E-state index in [0.717, 1.165) is 25.7 Å². The lowest BCUT2D eigenvalue weighted by Gasteiger charge is -2.20. The van der Waals surface area contributed by atoms with Gasteiger partial charge < -0.3 is 9.84 Å². The molecule has 0 aliphatic heterocycles. The van der Waals surface area contributed by atoms with Gasteiger partial charge in [-0.1, -0.05) is 26.7 Å². The summed E-state index contributed by atoms with van der Waals surface area (Å²) in [4.78, 5) is 26.0. The highest BCUT2D eigenvalue weighted by Gasteiger charge is 2.29. The number of benzene rings is 1. The van der Waals surface area contributed by atoms with E-state index in [9.17, 15) is 20.0 Å². The van der Waals surface area contributed by atoms with E-state index in [1.165, 1.54) is 11.5 Å². The first-order valence-corrected chi connectivity index (χ1v) is 10.0. The zero-order valence-electron chi connectivity index (χ0n) is 17.1. The summed E-state index contributed by atoms with van der Waals surface area (Å²) in [5.41, 5.74) is -0.0163. The van der Waals surface area contributed by atoms with Gasteiger partial charge in [-0.05, 0) is 55.5 Å². The summed E-state index contributed by atoms with van der Waals surface area (Å²) in [5, 5.41) is 20.4. The monoisotopic (exact) mass is 394 g/mol. The molecule has 0 spiro atoms. The van der Waals surface area contributed by atoms with Crippen molar-refractivity contribution >= 4 is 5.78 Å². The molecule has 3 rings (SSSR count). The molecule has 6 nitrogen and oxygen atoms in total. The fourth-order valence-corrected chi connectivity index (χ4v) is 3.80. The van der Waals surface area contributed by atoms with Crippen LogP contribution < -0.4 is 10.3 Å². The molecule has 29 heavy (non-hydrogen) atoms. The molecule has 1 fully saturated rings. The van der Waals surface area contributed by atoms with Crippen molar-refractivity contribution < 1.29 is 14.6 Å². The maximum Gasteiger partial charge on any atom is 0.271 e. The summed E-state index contributed by atoms with van der Waals surface area (Å²) >= 11 is 0. The number of hydrogen-bond donors (Lipinski definition) is 1. The van der Waals surface area contributed by atoms with Gasteiger partial charge in [-0.25, -0.2) is 0 Å². The van der Waals surface area contributed by atoms with Crippen LogP contribution in [0.1, 0.15) is 72.6 Å². The van der Waals surface area contributed by atoms with E-state index >= 15 is 0 Å². The molecule has 1 heterocycles. The molecule has 0 bridgehead atoms. The summed E-state index contributed by atoms with van der Waals surface area (Å²) < 4.78 is 6.89. The van der Waals surface area contributed by atoms with Gasteiger partial charge in [0.05, 0.1) is 12.2 Å². The topological polar surface area (TPSA) is 92.3 Å². The van der Waals surface area contributed by atoms with Crippen molar-refractivity contribution in [3.8, 4) is 17.7 Å². The Kier molecular flexibility index (Phi) is 6.07. The Morgan fingerprint density at radius 1 is 1.28 bits per heavy atom. The second kappa shape index (κ2) is 8.52. The third-order valence-electron chi connectivity index (χ3n) is 5.36. The van der Waals surface area contributed by atoms with Crippen LogP contribution >= 0.6 is 0 Å². The molecule has 1 aromatic heterocycles. The van der Waals surface area contributed by atoms with Gasteiger partial charge in [0.25, 0.3) is 5.56 Å². The molecule has 152 valence electrons. The largest absolute Gasteiger partial charge is 0.494 e. The second-order valence-corrected chi connectivity index (χ2v) is 7.98. The third kappa shape index (κ3) is 4.04. The lowest BCUT2D eigenvalue weighted by Crippen LogP contribution is -2.29. The van der Waals surface area contributed by atoms with Gasteiger partial charge in [-0.3, -0.25) is 14.2 Å². The van der Waals surface area contributed by atoms with Crippen LogP contribution in [0.5, 0.6) is 11.6 Å². The molecule has 2 aromatic rings. The zero-order valence-corrected chi connectivity index (χ0v) is 17.1. The van der Waals surface area contributed by atoms with Crippen LogP contribution in [0.15, 0.2) is 29.1 Å². The summed E-state index contributed by atoms with van der Waals surface area (Å²) in [6.07, 6.45) is 3.40. The molecular formula is C23H26N2O4. The average Bonchev–Trinajstić information content (AvgIpc) is 3.21. The Hall–Kier alpha value is -3.07. The smallest absolute Gasteiger partial charge is 0.271 e. The van der Waals surface area contributed by atoms with Crippen LogP contribution in [0.4, 0.5) is 0 Å². The lowest BCUT2D eigenvalue weighted by molar-refractivity contribution is 0.103. The Morgan fingerprint density at radius 3 is 2.45 bits per heavy atom. The van der Waals surface area contributed by atoms with E-state index < -0.39 is 11.3 Å². The standard InChI is InChI=1S/C23H26N2O4/c1-14(2)13-29-18-10-8-16(9-11-18)21(26)20-15(3)19(12-24)22(27)25(23(20)28)17-6-4-5-7-17/h8-11,14,17,28H,4-7,13H2,1-3H3. The molecule has 1 aliphatic carbocycles. The van der Waals surface area contributed by atoms with Gasteiger partial charge in [0.15, 0.2) is 5.78 Å². The summed E-state index contributed by atoms with van der Waals surface area (Å²) in [6, 6.07) is 8.42. The van der Waals surface area contributed by atoms with Crippen LogP contribution in [0.3, 0.4) is 0 Å². The molecule has 0 radical (unpaired) electrons. The second-order valence-electron chi connectivity index (χ2n) is 7.98. The van der Waals surface area contributed by atoms with Crippen molar-refractivity contribution in [2.45, 2.75) is 52.5 Å². The number of ether oxygens (including phenoxy) is 1. The SMILES string of the molecule is Cc1c(C(=O)c2ccc(OCC(C)C)cc2)c(O)n(C2CCCC2)c(=O)c1C#N.